The van der Waals surface area contributed by atoms with Crippen molar-refractivity contribution >= 4 is 5.91 Å². The summed E-state index contributed by atoms with van der Waals surface area (Å²) in [5, 5.41) is 3.32. The van der Waals surface area contributed by atoms with Gasteiger partial charge < -0.3 is 5.32 Å². The average Bonchev–Trinajstić information content (AvgIpc) is 2.26. The van der Waals surface area contributed by atoms with Crippen molar-refractivity contribution in [1.82, 2.24) is 5.32 Å². The molecular weight excluding hydrogens is 222 g/mol. The lowest BCUT2D eigenvalue weighted by molar-refractivity contribution is -0.122. The Morgan fingerprint density at radius 2 is 1.61 bits per heavy atom. The van der Waals surface area contributed by atoms with Crippen molar-refractivity contribution in [2.45, 2.75) is 51.0 Å². The molecule has 1 amide bonds. The topological polar surface area (TPSA) is 29.1 Å². The highest BCUT2D eigenvalue weighted by Crippen LogP contribution is 2.55. The van der Waals surface area contributed by atoms with Crippen LogP contribution in [-0.4, -0.2) is 11.4 Å². The van der Waals surface area contributed by atoms with Crippen molar-refractivity contribution in [2.24, 2.45) is 17.8 Å². The van der Waals surface area contributed by atoms with Crippen LogP contribution in [0.4, 0.5) is 0 Å². The first-order valence-corrected chi connectivity index (χ1v) is 7.31. The van der Waals surface area contributed by atoms with Gasteiger partial charge in [-0.1, -0.05) is 18.2 Å². The van der Waals surface area contributed by atoms with Crippen LogP contribution >= 0.6 is 0 Å². The van der Waals surface area contributed by atoms with E-state index in [-0.39, 0.29) is 11.4 Å². The molecule has 0 radical (unpaired) electrons. The number of carbonyl (C=O) groups is 1. The fourth-order valence-electron chi connectivity index (χ4n) is 4.82. The smallest absolute Gasteiger partial charge is 0.244 e. The standard InChI is InChI=1S/C16H23NO/c1-2-3-4-5-15(18)17-16-9-12-6-13(10-16)8-14(7-12)11-16/h2-5,12-14H,6-11H2,1H3,(H,17,18)/b3-2+,5-4+. The first-order chi connectivity index (χ1) is 8.69. The predicted molar refractivity (Wildman–Crippen MR) is 73.0 cm³/mol. The van der Waals surface area contributed by atoms with Gasteiger partial charge in [0.1, 0.15) is 0 Å². The molecule has 0 atom stereocenters. The second-order valence-electron chi connectivity index (χ2n) is 6.57. The number of hydrogen-bond donors (Lipinski definition) is 1. The Hall–Kier alpha value is -1.05. The molecule has 4 saturated carbocycles. The summed E-state index contributed by atoms with van der Waals surface area (Å²) in [7, 11) is 0. The van der Waals surface area contributed by atoms with Gasteiger partial charge in [-0.2, -0.15) is 0 Å². The number of allylic oxidation sites excluding steroid dienone is 3. The van der Waals surface area contributed by atoms with Crippen molar-refractivity contribution in [3.8, 4) is 0 Å². The largest absolute Gasteiger partial charge is 0.347 e. The second-order valence-corrected chi connectivity index (χ2v) is 6.57. The summed E-state index contributed by atoms with van der Waals surface area (Å²) in [6.45, 7) is 1.96. The minimum absolute atomic E-state index is 0.0926. The van der Waals surface area contributed by atoms with Gasteiger partial charge in [0, 0.05) is 11.6 Å². The molecule has 4 aliphatic carbocycles. The van der Waals surface area contributed by atoms with E-state index < -0.39 is 0 Å². The number of carbonyl (C=O) groups excluding carboxylic acids is 1. The zero-order chi connectivity index (χ0) is 12.6. The number of nitrogens with one attached hydrogen (secondary N) is 1. The van der Waals surface area contributed by atoms with Crippen molar-refractivity contribution in [1.29, 1.82) is 0 Å². The molecular formula is C16H23NO. The van der Waals surface area contributed by atoms with Crippen LogP contribution in [0.15, 0.2) is 24.3 Å². The Kier molecular flexibility index (Phi) is 3.04. The average molecular weight is 245 g/mol. The molecule has 2 nitrogen and oxygen atoms in total. The van der Waals surface area contributed by atoms with E-state index in [9.17, 15) is 4.79 Å². The lowest BCUT2D eigenvalue weighted by Crippen LogP contribution is -2.59. The van der Waals surface area contributed by atoms with Crippen LogP contribution in [0, 0.1) is 17.8 Å². The molecule has 2 heteroatoms. The summed E-state index contributed by atoms with van der Waals surface area (Å²) in [6.07, 6.45) is 15.3. The van der Waals surface area contributed by atoms with Gasteiger partial charge in [-0.15, -0.1) is 0 Å². The highest BCUT2D eigenvalue weighted by molar-refractivity contribution is 5.88. The van der Waals surface area contributed by atoms with E-state index in [1.54, 1.807) is 6.08 Å². The molecule has 4 fully saturated rings. The number of amides is 1. The van der Waals surface area contributed by atoms with E-state index in [1.165, 1.54) is 38.5 Å². The molecule has 0 saturated heterocycles. The lowest BCUT2D eigenvalue weighted by Gasteiger charge is -2.56. The summed E-state index contributed by atoms with van der Waals surface area (Å²) in [5.41, 5.74) is 0.145. The third kappa shape index (κ3) is 2.25. The van der Waals surface area contributed by atoms with Crippen LogP contribution in [0.5, 0.6) is 0 Å². The van der Waals surface area contributed by atoms with Gasteiger partial charge in [0.15, 0.2) is 0 Å². The minimum Gasteiger partial charge on any atom is -0.347 e. The summed E-state index contributed by atoms with van der Waals surface area (Å²) >= 11 is 0. The number of hydrogen-bond acceptors (Lipinski definition) is 1. The lowest BCUT2D eigenvalue weighted by atomic mass is 9.53. The van der Waals surface area contributed by atoms with E-state index in [4.69, 9.17) is 0 Å². The van der Waals surface area contributed by atoms with Gasteiger partial charge in [0.05, 0.1) is 0 Å². The first kappa shape index (κ1) is 12.0. The number of rotatable bonds is 3. The van der Waals surface area contributed by atoms with E-state index in [0.717, 1.165) is 17.8 Å². The Bertz CT molecular complexity index is 359. The fourth-order valence-corrected chi connectivity index (χ4v) is 4.82. The minimum atomic E-state index is 0.0926. The van der Waals surface area contributed by atoms with Gasteiger partial charge in [-0.05, 0) is 63.2 Å². The van der Waals surface area contributed by atoms with E-state index in [2.05, 4.69) is 5.32 Å². The van der Waals surface area contributed by atoms with Gasteiger partial charge in [0.25, 0.3) is 0 Å². The molecule has 0 aromatic rings. The maximum Gasteiger partial charge on any atom is 0.244 e. The molecule has 98 valence electrons. The van der Waals surface area contributed by atoms with Crippen molar-refractivity contribution in [3.05, 3.63) is 24.3 Å². The maximum atomic E-state index is 12.0. The molecule has 0 aromatic carbocycles. The molecule has 0 heterocycles. The van der Waals surface area contributed by atoms with Crippen LogP contribution in [0.1, 0.15) is 45.4 Å². The van der Waals surface area contributed by atoms with Crippen LogP contribution < -0.4 is 5.32 Å². The zero-order valence-electron chi connectivity index (χ0n) is 11.2. The summed E-state index contributed by atoms with van der Waals surface area (Å²) in [4.78, 5) is 12.0. The Morgan fingerprint density at radius 3 is 2.11 bits per heavy atom. The van der Waals surface area contributed by atoms with Crippen molar-refractivity contribution in [2.75, 3.05) is 0 Å². The molecule has 4 bridgehead atoms. The molecule has 1 N–H and O–H groups in total. The van der Waals surface area contributed by atoms with Gasteiger partial charge in [0.2, 0.25) is 5.91 Å². The molecule has 4 aliphatic rings. The van der Waals surface area contributed by atoms with E-state index in [1.807, 2.05) is 25.2 Å². The molecule has 18 heavy (non-hydrogen) atoms. The monoisotopic (exact) mass is 245 g/mol. The van der Waals surface area contributed by atoms with E-state index in [0.29, 0.717) is 0 Å². The van der Waals surface area contributed by atoms with Crippen LogP contribution in [0.25, 0.3) is 0 Å². The third-order valence-corrected chi connectivity index (χ3v) is 4.98. The Morgan fingerprint density at radius 1 is 1.06 bits per heavy atom. The van der Waals surface area contributed by atoms with Crippen LogP contribution in [0.2, 0.25) is 0 Å². The molecule has 0 aromatic heterocycles. The van der Waals surface area contributed by atoms with Gasteiger partial charge in [-0.3, -0.25) is 4.79 Å². The predicted octanol–water partition coefficient (Wildman–Crippen LogP) is 3.20. The summed E-state index contributed by atoms with van der Waals surface area (Å²) < 4.78 is 0. The Labute approximate surface area is 110 Å². The van der Waals surface area contributed by atoms with Crippen LogP contribution in [-0.2, 0) is 4.79 Å². The highest BCUT2D eigenvalue weighted by Gasteiger charge is 2.51. The zero-order valence-corrected chi connectivity index (χ0v) is 11.2. The molecule has 0 spiro atoms. The second kappa shape index (κ2) is 4.56. The van der Waals surface area contributed by atoms with Crippen molar-refractivity contribution < 1.29 is 4.79 Å². The molecule has 0 aliphatic heterocycles. The SMILES string of the molecule is C/C=C/C=C/C(=O)NC12CC3CC(CC(C3)C1)C2. The normalized spacial score (nSPS) is 41.9. The Balaban J connectivity index is 1.67. The summed E-state index contributed by atoms with van der Waals surface area (Å²) in [6, 6.07) is 0. The van der Waals surface area contributed by atoms with Gasteiger partial charge in [-0.25, -0.2) is 0 Å². The van der Waals surface area contributed by atoms with Gasteiger partial charge >= 0.3 is 0 Å². The highest BCUT2D eigenvalue weighted by atomic mass is 16.1. The molecule has 0 unspecified atom stereocenters. The maximum absolute atomic E-state index is 12.0. The molecule has 4 rings (SSSR count). The van der Waals surface area contributed by atoms with Crippen LogP contribution in [0.3, 0.4) is 0 Å². The quantitative estimate of drug-likeness (QED) is 0.600. The third-order valence-electron chi connectivity index (χ3n) is 4.98. The van der Waals surface area contributed by atoms with E-state index >= 15 is 0 Å². The fraction of sp³-hybridized carbons (Fsp3) is 0.688. The first-order valence-electron chi connectivity index (χ1n) is 7.31. The van der Waals surface area contributed by atoms with Crippen molar-refractivity contribution in [3.63, 3.8) is 0 Å². The summed E-state index contributed by atoms with van der Waals surface area (Å²) in [5.74, 6) is 2.75.